The quantitative estimate of drug-likeness (QED) is 0.0380. The van der Waals surface area contributed by atoms with Gasteiger partial charge in [0.05, 0.1) is 25.6 Å². The zero-order valence-electron chi connectivity index (χ0n) is 40.4. The zero-order valence-corrected chi connectivity index (χ0v) is 41.3. The van der Waals surface area contributed by atoms with Crippen LogP contribution in [-0.4, -0.2) is 49.9 Å². The van der Waals surface area contributed by atoms with Gasteiger partial charge in [-0.1, -0.05) is 185 Å². The summed E-state index contributed by atoms with van der Waals surface area (Å²) in [6, 6.07) is 14.2. The molecule has 2 aliphatic rings. The lowest BCUT2D eigenvalue weighted by molar-refractivity contribution is -0.461. The molecule has 0 spiro atoms. The summed E-state index contributed by atoms with van der Waals surface area (Å²) in [5.41, 5.74) is 1.66. The number of unbranched alkanes of at least 4 members (excludes halogenated alkanes) is 21. The van der Waals surface area contributed by atoms with Crippen molar-refractivity contribution in [1.82, 2.24) is 4.90 Å². The lowest BCUT2D eigenvalue weighted by atomic mass is 9.64. The van der Waals surface area contributed by atoms with E-state index < -0.39 is 23.3 Å². The van der Waals surface area contributed by atoms with Crippen LogP contribution in [0.2, 0.25) is 0 Å². The van der Waals surface area contributed by atoms with E-state index in [2.05, 4.69) is 43.0 Å². The molecular formula is C54H86ClNO8. The van der Waals surface area contributed by atoms with Crippen molar-refractivity contribution in [2.75, 3.05) is 27.3 Å². The Hall–Kier alpha value is -3.14. The van der Waals surface area contributed by atoms with E-state index in [1.54, 1.807) is 20.3 Å². The number of piperidine rings is 1. The molecule has 2 aromatic carbocycles. The Balaban J connectivity index is 0.0000109. The Morgan fingerprint density at radius 1 is 0.672 bits per heavy atom. The third-order valence-electron chi connectivity index (χ3n) is 13.9. The number of ketones is 1. The second-order valence-electron chi connectivity index (χ2n) is 18.9. The number of benzene rings is 2. The van der Waals surface area contributed by atoms with Crippen molar-refractivity contribution >= 4 is 30.1 Å². The standard InChI is InChI=1S/C54H85NO8.ClH/c1-5-7-9-11-13-15-17-19-21-23-25-30-34-51(56)61-63-62-53(58)48(33-29-24-22-20-18-16-14-12-10-8-6-2)54(42-46-39-49(59-3)50(60-4)40-47(46)52(54)57)41-44-35-37-55(38-36-44)43-45-31-27-26-28-32-45;/h26-28,31-32,39-40,44,48H,5-25,29-30,33-38,41-43H2,1-4H3;1H. The van der Waals surface area contributed by atoms with Crippen molar-refractivity contribution in [3.05, 3.63) is 59.2 Å². The predicted molar refractivity (Wildman–Crippen MR) is 260 cm³/mol. The first-order valence-corrected chi connectivity index (χ1v) is 25.5. The molecule has 0 aromatic heterocycles. The predicted octanol–water partition coefficient (Wildman–Crippen LogP) is 14.5. The van der Waals surface area contributed by atoms with Crippen LogP contribution in [-0.2, 0) is 37.4 Å². The van der Waals surface area contributed by atoms with Crippen LogP contribution in [0.1, 0.15) is 215 Å². The highest BCUT2D eigenvalue weighted by atomic mass is 35.5. The second-order valence-corrected chi connectivity index (χ2v) is 18.9. The average molecular weight is 913 g/mol. The van der Waals surface area contributed by atoms with E-state index in [0.717, 1.165) is 76.6 Å². The molecule has 10 heteroatoms. The summed E-state index contributed by atoms with van der Waals surface area (Å²) in [4.78, 5) is 55.0. The lowest BCUT2D eigenvalue weighted by Gasteiger charge is -2.40. The average Bonchev–Trinajstić information content (AvgIpc) is 3.56. The van der Waals surface area contributed by atoms with E-state index in [1.807, 2.05) is 12.1 Å². The van der Waals surface area contributed by atoms with Gasteiger partial charge in [-0.3, -0.25) is 19.5 Å². The number of fused-ring (bicyclic) bond motifs is 1. The third kappa shape index (κ3) is 19.0. The molecule has 0 bridgehead atoms. The maximum atomic E-state index is 15.0. The number of carbonyl (C=O) groups is 3. The number of methoxy groups -OCH3 is 2. The molecule has 1 fully saturated rings. The molecule has 1 saturated heterocycles. The Bertz CT molecular complexity index is 1580. The summed E-state index contributed by atoms with van der Waals surface area (Å²) in [5.74, 6) is -0.769. The van der Waals surface area contributed by atoms with Crippen molar-refractivity contribution < 1.29 is 38.7 Å². The molecule has 2 unspecified atom stereocenters. The lowest BCUT2D eigenvalue weighted by Crippen LogP contribution is -2.45. The zero-order chi connectivity index (χ0) is 45.0. The van der Waals surface area contributed by atoms with Gasteiger partial charge in [0.15, 0.2) is 17.3 Å². The van der Waals surface area contributed by atoms with Crippen LogP contribution >= 0.6 is 12.4 Å². The number of rotatable bonds is 35. The molecule has 1 heterocycles. The van der Waals surface area contributed by atoms with Gasteiger partial charge in [-0.05, 0) is 80.8 Å². The van der Waals surface area contributed by atoms with Gasteiger partial charge in [0.25, 0.3) is 0 Å². The number of hydrogen-bond donors (Lipinski definition) is 0. The molecule has 1 aliphatic carbocycles. The molecule has 2 atom stereocenters. The maximum Gasteiger partial charge on any atom is 0.350 e. The smallest absolute Gasteiger partial charge is 0.350 e. The number of halogens is 1. The highest BCUT2D eigenvalue weighted by Crippen LogP contribution is 2.52. The van der Waals surface area contributed by atoms with Gasteiger partial charge in [-0.2, -0.15) is 0 Å². The highest BCUT2D eigenvalue weighted by molar-refractivity contribution is 6.07. The molecule has 362 valence electrons. The van der Waals surface area contributed by atoms with Gasteiger partial charge < -0.3 is 9.47 Å². The van der Waals surface area contributed by atoms with E-state index in [0.29, 0.717) is 42.7 Å². The summed E-state index contributed by atoms with van der Waals surface area (Å²) in [7, 11) is 3.17. The summed E-state index contributed by atoms with van der Waals surface area (Å²) in [6.45, 7) is 7.24. The highest BCUT2D eigenvalue weighted by Gasteiger charge is 2.55. The first kappa shape index (κ1) is 55.2. The van der Waals surface area contributed by atoms with Gasteiger partial charge in [0.1, 0.15) is 0 Å². The van der Waals surface area contributed by atoms with Crippen LogP contribution in [0.25, 0.3) is 0 Å². The van der Waals surface area contributed by atoms with Crippen molar-refractivity contribution in [3.63, 3.8) is 0 Å². The van der Waals surface area contributed by atoms with Crippen LogP contribution in [0, 0.1) is 17.3 Å². The topological polar surface area (TPSA) is 101 Å². The van der Waals surface area contributed by atoms with Crippen LogP contribution in [0.3, 0.4) is 0 Å². The van der Waals surface area contributed by atoms with Crippen molar-refractivity contribution in [2.24, 2.45) is 17.3 Å². The first-order valence-electron chi connectivity index (χ1n) is 25.5. The normalized spacial score (nSPS) is 16.8. The number of carbonyl (C=O) groups excluding carboxylic acids is 3. The summed E-state index contributed by atoms with van der Waals surface area (Å²) < 4.78 is 11.3. The van der Waals surface area contributed by atoms with E-state index in [-0.39, 0.29) is 30.5 Å². The van der Waals surface area contributed by atoms with E-state index in [1.165, 1.54) is 108 Å². The third-order valence-corrected chi connectivity index (χ3v) is 13.9. The van der Waals surface area contributed by atoms with Crippen LogP contribution in [0.15, 0.2) is 42.5 Å². The molecule has 1 aliphatic heterocycles. The number of hydrogen-bond acceptors (Lipinski definition) is 9. The monoisotopic (exact) mass is 912 g/mol. The molecule has 4 rings (SSSR count). The van der Waals surface area contributed by atoms with Crippen LogP contribution in [0.5, 0.6) is 11.5 Å². The molecule has 0 amide bonds. The van der Waals surface area contributed by atoms with Crippen LogP contribution in [0.4, 0.5) is 0 Å². The molecule has 0 radical (unpaired) electrons. The van der Waals surface area contributed by atoms with Crippen molar-refractivity contribution in [2.45, 2.75) is 207 Å². The minimum Gasteiger partial charge on any atom is -0.493 e. The summed E-state index contributed by atoms with van der Waals surface area (Å²) >= 11 is 0. The second kappa shape index (κ2) is 32.5. The molecule has 2 aromatic rings. The van der Waals surface area contributed by atoms with E-state index in [9.17, 15) is 9.59 Å². The van der Waals surface area contributed by atoms with Crippen LogP contribution < -0.4 is 9.47 Å². The van der Waals surface area contributed by atoms with Gasteiger partial charge >= 0.3 is 11.9 Å². The Morgan fingerprint density at radius 2 is 1.17 bits per heavy atom. The van der Waals surface area contributed by atoms with Crippen molar-refractivity contribution in [3.8, 4) is 11.5 Å². The molecule has 64 heavy (non-hydrogen) atoms. The Morgan fingerprint density at radius 3 is 1.70 bits per heavy atom. The van der Waals surface area contributed by atoms with Gasteiger partial charge in [-0.25, -0.2) is 9.59 Å². The maximum absolute atomic E-state index is 15.0. The number of ether oxygens (including phenoxy) is 2. The molecule has 9 nitrogen and oxygen atoms in total. The molecular weight excluding hydrogens is 826 g/mol. The van der Waals surface area contributed by atoms with Gasteiger partial charge in [0.2, 0.25) is 0 Å². The molecule has 0 saturated carbocycles. The van der Waals surface area contributed by atoms with E-state index in [4.69, 9.17) is 24.3 Å². The number of nitrogens with zero attached hydrogens (tertiary/aromatic N) is 1. The first-order chi connectivity index (χ1) is 30.8. The fraction of sp³-hybridized carbons (Fsp3) is 0.722. The van der Waals surface area contributed by atoms with Gasteiger partial charge in [0, 0.05) is 23.6 Å². The minimum absolute atomic E-state index is 0. The SMILES string of the molecule is CCCCCCCCCCCCCCC(=O)OOOC(=O)C(CCCCCCCCCCCCC)C1(CC2CCN(Cc3ccccc3)CC2)Cc2cc(OC)c(OC)cc2C1=O.Cl. The Labute approximate surface area is 394 Å². The van der Waals surface area contributed by atoms with E-state index >= 15 is 4.79 Å². The fourth-order valence-corrected chi connectivity index (χ4v) is 10.2. The number of Topliss-reactive ketones (excluding diaryl/α,β-unsaturated/α-hetero) is 1. The Kier molecular flexibility index (Phi) is 28.0. The molecule has 0 N–H and O–H groups in total. The largest absolute Gasteiger partial charge is 0.493 e. The summed E-state index contributed by atoms with van der Waals surface area (Å²) in [5, 5.41) is 5.00. The fourth-order valence-electron chi connectivity index (χ4n) is 10.2. The number of likely N-dealkylation sites (tertiary alicyclic amines) is 1. The minimum atomic E-state index is -1.05. The summed E-state index contributed by atoms with van der Waals surface area (Å²) in [6.07, 6.45) is 30.9. The van der Waals surface area contributed by atoms with Gasteiger partial charge in [-0.15, -0.1) is 12.4 Å². The van der Waals surface area contributed by atoms with Crippen molar-refractivity contribution in [1.29, 1.82) is 0 Å².